The van der Waals surface area contributed by atoms with Crippen molar-refractivity contribution in [1.82, 2.24) is 15.1 Å². The molecule has 6 heteroatoms. The van der Waals surface area contributed by atoms with Crippen molar-refractivity contribution in [2.24, 2.45) is 11.8 Å². The lowest BCUT2D eigenvalue weighted by Gasteiger charge is -2.36. The fourth-order valence-electron chi connectivity index (χ4n) is 3.18. The average molecular weight is 359 g/mol. The number of methoxy groups -OCH3 is 1. The van der Waals surface area contributed by atoms with E-state index in [2.05, 4.69) is 23.7 Å². The highest BCUT2D eigenvalue weighted by molar-refractivity contribution is 5.69. The van der Waals surface area contributed by atoms with Crippen LogP contribution in [0.1, 0.15) is 32.4 Å². The Hall–Kier alpha value is -2.50. The van der Waals surface area contributed by atoms with E-state index in [4.69, 9.17) is 9.47 Å². The summed E-state index contributed by atoms with van der Waals surface area (Å²) < 4.78 is 10.7. The van der Waals surface area contributed by atoms with E-state index >= 15 is 0 Å². The normalized spacial score (nSPS) is 21.0. The SMILES string of the molecule is C=C(/C=C\C(=C/C)OCCC1CCN(C(=O)OC)CC1C)c1ccn[nH]1. The Morgan fingerprint density at radius 1 is 1.50 bits per heavy atom. The van der Waals surface area contributed by atoms with Crippen LogP contribution in [0.25, 0.3) is 5.57 Å². The monoisotopic (exact) mass is 359 g/mol. The second-order valence-corrected chi connectivity index (χ2v) is 6.60. The number of nitrogens with zero attached hydrogens (tertiary/aromatic N) is 2. The number of amides is 1. The third kappa shape index (κ3) is 5.51. The zero-order valence-electron chi connectivity index (χ0n) is 15.9. The van der Waals surface area contributed by atoms with Crippen LogP contribution in [0.4, 0.5) is 4.79 Å². The summed E-state index contributed by atoms with van der Waals surface area (Å²) in [5, 5.41) is 6.81. The summed E-state index contributed by atoms with van der Waals surface area (Å²) in [4.78, 5) is 13.4. The van der Waals surface area contributed by atoms with Gasteiger partial charge in [0.2, 0.25) is 0 Å². The number of aromatic nitrogens is 2. The first kappa shape index (κ1) is 19.8. The lowest BCUT2D eigenvalue weighted by Crippen LogP contribution is -2.43. The number of hydrogen-bond donors (Lipinski definition) is 1. The summed E-state index contributed by atoms with van der Waals surface area (Å²) >= 11 is 0. The second-order valence-electron chi connectivity index (χ2n) is 6.60. The van der Waals surface area contributed by atoms with Crippen LogP contribution in [0.5, 0.6) is 0 Å². The number of allylic oxidation sites excluding steroid dienone is 4. The van der Waals surface area contributed by atoms with Crippen molar-refractivity contribution in [3.8, 4) is 0 Å². The van der Waals surface area contributed by atoms with Crippen LogP contribution in [0.3, 0.4) is 0 Å². The topological polar surface area (TPSA) is 67.4 Å². The molecule has 1 fully saturated rings. The van der Waals surface area contributed by atoms with Crippen molar-refractivity contribution in [2.45, 2.75) is 26.7 Å². The summed E-state index contributed by atoms with van der Waals surface area (Å²) in [5.41, 5.74) is 1.75. The van der Waals surface area contributed by atoms with Crippen LogP contribution in [0.15, 0.2) is 42.8 Å². The van der Waals surface area contributed by atoms with Gasteiger partial charge in [-0.05, 0) is 61.5 Å². The summed E-state index contributed by atoms with van der Waals surface area (Å²) in [5.74, 6) is 1.82. The van der Waals surface area contributed by atoms with Gasteiger partial charge in [-0.3, -0.25) is 5.10 Å². The Morgan fingerprint density at radius 3 is 2.92 bits per heavy atom. The van der Waals surface area contributed by atoms with Gasteiger partial charge >= 0.3 is 6.09 Å². The smallest absolute Gasteiger partial charge is 0.409 e. The maximum Gasteiger partial charge on any atom is 0.409 e. The highest BCUT2D eigenvalue weighted by atomic mass is 16.5. The molecule has 1 aliphatic heterocycles. The van der Waals surface area contributed by atoms with Crippen LogP contribution in [-0.4, -0.2) is 48.0 Å². The number of H-pyrrole nitrogens is 1. The van der Waals surface area contributed by atoms with E-state index in [9.17, 15) is 4.79 Å². The molecule has 2 unspecified atom stereocenters. The van der Waals surface area contributed by atoms with Crippen LogP contribution in [-0.2, 0) is 9.47 Å². The maximum absolute atomic E-state index is 11.6. The molecule has 1 aromatic rings. The Kier molecular flexibility index (Phi) is 7.51. The fraction of sp³-hybridized carbons (Fsp3) is 0.500. The zero-order chi connectivity index (χ0) is 18.9. The minimum Gasteiger partial charge on any atom is -0.494 e. The van der Waals surface area contributed by atoms with Crippen molar-refractivity contribution in [1.29, 1.82) is 0 Å². The van der Waals surface area contributed by atoms with Crippen molar-refractivity contribution >= 4 is 11.7 Å². The minimum absolute atomic E-state index is 0.231. The van der Waals surface area contributed by atoms with Crippen LogP contribution in [0, 0.1) is 11.8 Å². The second kappa shape index (κ2) is 9.85. The van der Waals surface area contributed by atoms with Crippen molar-refractivity contribution in [2.75, 3.05) is 26.8 Å². The number of piperidine rings is 1. The maximum atomic E-state index is 11.6. The Bertz CT molecular complexity index is 649. The summed E-state index contributed by atoms with van der Waals surface area (Å²) in [6.07, 6.45) is 9.21. The fourth-order valence-corrected chi connectivity index (χ4v) is 3.18. The van der Waals surface area contributed by atoms with Crippen LogP contribution < -0.4 is 0 Å². The molecule has 0 bridgehead atoms. The van der Waals surface area contributed by atoms with E-state index in [0.717, 1.165) is 43.0 Å². The number of rotatable bonds is 7. The highest BCUT2D eigenvalue weighted by Crippen LogP contribution is 2.27. The molecule has 0 aliphatic carbocycles. The van der Waals surface area contributed by atoms with Gasteiger partial charge in [0.15, 0.2) is 0 Å². The highest BCUT2D eigenvalue weighted by Gasteiger charge is 2.28. The predicted molar refractivity (Wildman–Crippen MR) is 102 cm³/mol. The molecule has 26 heavy (non-hydrogen) atoms. The largest absolute Gasteiger partial charge is 0.494 e. The number of aromatic amines is 1. The number of carbonyl (C=O) groups excluding carboxylic acids is 1. The van der Waals surface area contributed by atoms with Gasteiger partial charge in [0, 0.05) is 19.3 Å². The van der Waals surface area contributed by atoms with Gasteiger partial charge in [0.25, 0.3) is 0 Å². The van der Waals surface area contributed by atoms with Crippen molar-refractivity contribution in [3.63, 3.8) is 0 Å². The van der Waals surface area contributed by atoms with Crippen LogP contribution in [0.2, 0.25) is 0 Å². The molecule has 2 rings (SSSR count). The Balaban J connectivity index is 1.75. The number of nitrogens with one attached hydrogen (secondary N) is 1. The third-order valence-electron chi connectivity index (χ3n) is 4.85. The Labute approximate surface area is 155 Å². The van der Waals surface area contributed by atoms with E-state index in [1.807, 2.05) is 31.2 Å². The van der Waals surface area contributed by atoms with E-state index in [1.54, 1.807) is 11.1 Å². The molecule has 6 nitrogen and oxygen atoms in total. The van der Waals surface area contributed by atoms with Crippen LogP contribution >= 0.6 is 0 Å². The van der Waals surface area contributed by atoms with Gasteiger partial charge in [-0.15, -0.1) is 0 Å². The van der Waals surface area contributed by atoms with Gasteiger partial charge in [-0.25, -0.2) is 4.79 Å². The summed E-state index contributed by atoms with van der Waals surface area (Å²) in [7, 11) is 1.43. The lowest BCUT2D eigenvalue weighted by atomic mass is 9.85. The molecule has 1 aliphatic rings. The molecule has 1 saturated heterocycles. The zero-order valence-corrected chi connectivity index (χ0v) is 15.9. The van der Waals surface area contributed by atoms with Crippen molar-refractivity contribution in [3.05, 3.63) is 48.5 Å². The number of carbonyl (C=O) groups is 1. The number of likely N-dealkylation sites (tertiary alicyclic amines) is 1. The molecule has 0 saturated carbocycles. The summed E-state index contributed by atoms with van der Waals surface area (Å²) in [6, 6.07) is 1.88. The van der Waals surface area contributed by atoms with E-state index in [1.165, 1.54) is 7.11 Å². The van der Waals surface area contributed by atoms with Gasteiger partial charge in [-0.1, -0.05) is 13.5 Å². The standard InChI is InChI=1S/C20H29N3O3/c1-5-18(7-6-15(2)19-8-11-21-22-19)26-13-10-17-9-12-23(14-16(17)3)20(24)25-4/h5-8,11,16-17H,2,9-10,12-14H2,1,3-4H3,(H,21,22)/b7-6-,18-5+. The minimum atomic E-state index is -0.231. The first-order valence-electron chi connectivity index (χ1n) is 9.03. The molecule has 2 atom stereocenters. The van der Waals surface area contributed by atoms with Gasteiger partial charge in [0.1, 0.15) is 5.76 Å². The quantitative estimate of drug-likeness (QED) is 0.590. The molecule has 142 valence electrons. The van der Waals surface area contributed by atoms with Gasteiger partial charge in [0.05, 0.1) is 19.4 Å². The third-order valence-corrected chi connectivity index (χ3v) is 4.85. The molecule has 0 spiro atoms. The number of ether oxygens (including phenoxy) is 2. The summed E-state index contributed by atoms with van der Waals surface area (Å²) in [6.45, 7) is 10.3. The molecule has 0 radical (unpaired) electrons. The predicted octanol–water partition coefficient (Wildman–Crippen LogP) is 4.01. The Morgan fingerprint density at radius 2 is 2.31 bits per heavy atom. The number of hydrogen-bond acceptors (Lipinski definition) is 4. The van der Waals surface area contributed by atoms with E-state index < -0.39 is 0 Å². The molecular weight excluding hydrogens is 330 g/mol. The first-order valence-corrected chi connectivity index (χ1v) is 9.03. The van der Waals surface area contributed by atoms with Gasteiger partial charge in [-0.2, -0.15) is 5.10 Å². The average Bonchev–Trinajstić information content (AvgIpc) is 3.19. The molecule has 1 N–H and O–H groups in total. The van der Waals surface area contributed by atoms with Gasteiger partial charge < -0.3 is 14.4 Å². The van der Waals surface area contributed by atoms with E-state index in [0.29, 0.717) is 18.4 Å². The first-order chi connectivity index (χ1) is 12.5. The molecular formula is C20H29N3O3. The molecule has 2 heterocycles. The molecule has 1 aromatic heterocycles. The lowest BCUT2D eigenvalue weighted by molar-refractivity contribution is 0.0771. The van der Waals surface area contributed by atoms with E-state index in [-0.39, 0.29) is 6.09 Å². The molecule has 1 amide bonds. The molecule has 0 aromatic carbocycles. The van der Waals surface area contributed by atoms with Crippen molar-refractivity contribution < 1.29 is 14.3 Å².